The minimum absolute atomic E-state index is 0.249. The van der Waals surface area contributed by atoms with Crippen molar-refractivity contribution < 1.29 is 9.84 Å². The van der Waals surface area contributed by atoms with Crippen molar-refractivity contribution >= 4 is 15.9 Å². The molecule has 1 aromatic carbocycles. The Bertz CT molecular complexity index is 336. The molecule has 0 bridgehead atoms. The molecule has 1 N–H and O–H groups in total. The van der Waals surface area contributed by atoms with Gasteiger partial charge in [0.05, 0.1) is 12.7 Å². The van der Waals surface area contributed by atoms with Crippen LogP contribution < -0.4 is 0 Å². The molecule has 1 atom stereocenters. The highest BCUT2D eigenvalue weighted by atomic mass is 79.9. The molecular weight excluding hydrogens is 232 g/mol. The Morgan fingerprint density at radius 3 is 3.00 bits per heavy atom. The van der Waals surface area contributed by atoms with Crippen molar-refractivity contribution in [3.8, 4) is 5.75 Å². The molecule has 1 aliphatic heterocycles. The minimum atomic E-state index is -0.249. The maximum atomic E-state index is 9.61. The number of benzene rings is 1. The van der Waals surface area contributed by atoms with E-state index in [1.807, 2.05) is 6.07 Å². The van der Waals surface area contributed by atoms with Crippen LogP contribution in [0.1, 0.15) is 17.2 Å². The first kappa shape index (κ1) is 9.03. The second kappa shape index (κ2) is 3.31. The van der Waals surface area contributed by atoms with E-state index >= 15 is 0 Å². The summed E-state index contributed by atoms with van der Waals surface area (Å²) < 4.78 is 6.37. The van der Waals surface area contributed by atoms with E-state index in [4.69, 9.17) is 4.74 Å². The van der Waals surface area contributed by atoms with E-state index < -0.39 is 0 Å². The van der Waals surface area contributed by atoms with E-state index in [1.165, 1.54) is 0 Å². The van der Waals surface area contributed by atoms with Crippen LogP contribution in [-0.2, 0) is 11.2 Å². The predicted octanol–water partition coefficient (Wildman–Crippen LogP) is 2.60. The fourth-order valence-corrected chi connectivity index (χ4v) is 2.17. The lowest BCUT2D eigenvalue weighted by atomic mass is 9.97. The largest absolute Gasteiger partial charge is 0.508 e. The molecule has 2 nitrogen and oxygen atoms in total. The lowest BCUT2D eigenvalue weighted by molar-refractivity contribution is 0.0708. The summed E-state index contributed by atoms with van der Waals surface area (Å²) in [6.45, 7) is 4.51. The van der Waals surface area contributed by atoms with Gasteiger partial charge in [0.1, 0.15) is 5.75 Å². The summed E-state index contributed by atoms with van der Waals surface area (Å²) in [6.07, 6.45) is 0.581. The van der Waals surface area contributed by atoms with Crippen LogP contribution in [-0.4, -0.2) is 11.7 Å². The van der Waals surface area contributed by atoms with Crippen LogP contribution in [0, 0.1) is 6.92 Å². The number of aromatic hydroxyl groups is 1. The molecule has 0 saturated heterocycles. The van der Waals surface area contributed by atoms with Crippen LogP contribution >= 0.6 is 15.9 Å². The Balaban J connectivity index is 2.60. The predicted molar refractivity (Wildman–Crippen MR) is 53.6 cm³/mol. The van der Waals surface area contributed by atoms with Gasteiger partial charge < -0.3 is 9.84 Å². The average molecular weight is 242 g/mol. The van der Waals surface area contributed by atoms with Crippen LogP contribution in [0.2, 0.25) is 0 Å². The monoisotopic (exact) mass is 241 g/mol. The molecule has 0 spiro atoms. The molecule has 0 aromatic heterocycles. The zero-order chi connectivity index (χ0) is 9.42. The van der Waals surface area contributed by atoms with E-state index in [1.54, 1.807) is 6.07 Å². The first-order valence-corrected chi connectivity index (χ1v) is 4.94. The van der Waals surface area contributed by atoms with Crippen LogP contribution in [0.3, 0.4) is 0 Å². The smallest absolute Gasteiger partial charge is 0.121 e. The third-order valence-corrected chi connectivity index (χ3v) is 3.01. The second-order valence-electron chi connectivity index (χ2n) is 3.07. The average Bonchev–Trinajstić information content (AvgIpc) is 2.12. The number of ether oxygens (including phenoxy) is 1. The first-order valence-electron chi connectivity index (χ1n) is 4.15. The number of phenols is 1. The number of fused-ring (bicyclic) bond motifs is 1. The molecule has 1 aliphatic rings. The quantitative estimate of drug-likeness (QED) is 0.757. The summed E-state index contributed by atoms with van der Waals surface area (Å²) in [5, 5.41) is 9.61. The molecule has 0 fully saturated rings. The standard InChI is InChI=1S/C10H10BrO2/c1-6-10-7(4-5-13-6)8(11)2-3-9(10)12/h2-3,6,12H,1,4-5H2. The van der Waals surface area contributed by atoms with Crippen molar-refractivity contribution in [1.29, 1.82) is 0 Å². The lowest BCUT2D eigenvalue weighted by Gasteiger charge is -2.24. The summed E-state index contributed by atoms with van der Waals surface area (Å²) >= 11 is 3.45. The third kappa shape index (κ3) is 1.46. The molecule has 2 rings (SSSR count). The Hall–Kier alpha value is -0.540. The van der Waals surface area contributed by atoms with Gasteiger partial charge in [-0.2, -0.15) is 0 Å². The number of hydrogen-bond donors (Lipinski definition) is 1. The molecular formula is C10H10BrO2. The second-order valence-corrected chi connectivity index (χ2v) is 3.92. The molecule has 1 radical (unpaired) electrons. The molecule has 3 heteroatoms. The molecule has 0 saturated carbocycles. The van der Waals surface area contributed by atoms with Crippen molar-refractivity contribution in [2.45, 2.75) is 12.5 Å². The SMILES string of the molecule is [CH2]C1OCCc2c(Br)ccc(O)c21. The van der Waals surface area contributed by atoms with Crippen molar-refractivity contribution in [2.24, 2.45) is 0 Å². The van der Waals surface area contributed by atoms with E-state index in [0.717, 1.165) is 22.0 Å². The zero-order valence-electron chi connectivity index (χ0n) is 7.09. The zero-order valence-corrected chi connectivity index (χ0v) is 8.67. The summed E-state index contributed by atoms with van der Waals surface area (Å²) in [7, 11) is 0. The maximum Gasteiger partial charge on any atom is 0.121 e. The summed E-state index contributed by atoms with van der Waals surface area (Å²) in [6, 6.07) is 3.52. The Labute approximate surface area is 85.7 Å². The highest BCUT2D eigenvalue weighted by Crippen LogP contribution is 2.37. The highest BCUT2D eigenvalue weighted by molar-refractivity contribution is 9.10. The number of hydrogen-bond acceptors (Lipinski definition) is 2. The van der Waals surface area contributed by atoms with Gasteiger partial charge in [0.15, 0.2) is 0 Å². The van der Waals surface area contributed by atoms with Crippen LogP contribution in [0.15, 0.2) is 16.6 Å². The Morgan fingerprint density at radius 1 is 1.54 bits per heavy atom. The molecule has 0 aliphatic carbocycles. The van der Waals surface area contributed by atoms with Gasteiger partial charge in [-0.3, -0.25) is 0 Å². The van der Waals surface area contributed by atoms with Gasteiger partial charge in [-0.1, -0.05) is 15.9 Å². The van der Waals surface area contributed by atoms with Gasteiger partial charge in [0.25, 0.3) is 0 Å². The summed E-state index contributed by atoms with van der Waals surface area (Å²) in [5.41, 5.74) is 1.94. The van der Waals surface area contributed by atoms with E-state index in [-0.39, 0.29) is 11.9 Å². The van der Waals surface area contributed by atoms with Crippen LogP contribution in [0.4, 0.5) is 0 Å². The van der Waals surface area contributed by atoms with Gasteiger partial charge in [-0.05, 0) is 31.0 Å². The Morgan fingerprint density at radius 2 is 2.31 bits per heavy atom. The maximum absolute atomic E-state index is 9.61. The van der Waals surface area contributed by atoms with Gasteiger partial charge in [0, 0.05) is 10.0 Å². The van der Waals surface area contributed by atoms with E-state index in [0.29, 0.717) is 6.61 Å². The van der Waals surface area contributed by atoms with Crippen molar-refractivity contribution in [2.75, 3.05) is 6.61 Å². The van der Waals surface area contributed by atoms with Crippen LogP contribution in [0.5, 0.6) is 5.75 Å². The minimum Gasteiger partial charge on any atom is -0.508 e. The van der Waals surface area contributed by atoms with Gasteiger partial charge >= 0.3 is 0 Å². The summed E-state index contributed by atoms with van der Waals surface area (Å²) in [4.78, 5) is 0. The normalized spacial score (nSPS) is 21.2. The molecule has 69 valence electrons. The fourth-order valence-electron chi connectivity index (χ4n) is 1.63. The highest BCUT2D eigenvalue weighted by Gasteiger charge is 2.22. The number of halogens is 1. The molecule has 13 heavy (non-hydrogen) atoms. The molecule has 1 heterocycles. The Kier molecular flexibility index (Phi) is 2.30. The lowest BCUT2D eigenvalue weighted by Crippen LogP contribution is -2.14. The van der Waals surface area contributed by atoms with Crippen molar-refractivity contribution in [3.05, 3.63) is 34.7 Å². The molecule has 1 unspecified atom stereocenters. The molecule has 1 aromatic rings. The topological polar surface area (TPSA) is 29.5 Å². The summed E-state index contributed by atoms with van der Waals surface area (Å²) in [5.74, 6) is 0.276. The van der Waals surface area contributed by atoms with E-state index in [2.05, 4.69) is 22.9 Å². The van der Waals surface area contributed by atoms with Gasteiger partial charge in [-0.15, -0.1) is 0 Å². The van der Waals surface area contributed by atoms with E-state index in [9.17, 15) is 5.11 Å². The first-order chi connectivity index (χ1) is 6.20. The number of phenolic OH excluding ortho intramolecular Hbond substituents is 1. The van der Waals surface area contributed by atoms with Crippen molar-refractivity contribution in [3.63, 3.8) is 0 Å². The van der Waals surface area contributed by atoms with Gasteiger partial charge in [-0.25, -0.2) is 0 Å². The van der Waals surface area contributed by atoms with Crippen LogP contribution in [0.25, 0.3) is 0 Å². The van der Waals surface area contributed by atoms with Gasteiger partial charge in [0.2, 0.25) is 0 Å². The third-order valence-electron chi connectivity index (χ3n) is 2.27. The molecule has 0 amide bonds. The fraction of sp³-hybridized carbons (Fsp3) is 0.300. The van der Waals surface area contributed by atoms with Crippen molar-refractivity contribution in [1.82, 2.24) is 0 Å². The number of rotatable bonds is 0.